The van der Waals surface area contributed by atoms with Crippen molar-refractivity contribution >= 4 is 37.5 Å². The van der Waals surface area contributed by atoms with E-state index in [2.05, 4.69) is 21.2 Å². The first-order valence-electron chi connectivity index (χ1n) is 11.2. The van der Waals surface area contributed by atoms with Crippen LogP contribution in [0.25, 0.3) is 0 Å². The molecule has 1 N–H and O–H groups in total. The smallest absolute Gasteiger partial charge is 0.264 e. The van der Waals surface area contributed by atoms with Crippen molar-refractivity contribution in [3.63, 3.8) is 0 Å². The van der Waals surface area contributed by atoms with Gasteiger partial charge in [-0.2, -0.15) is 0 Å². The second-order valence-corrected chi connectivity index (χ2v) is 10.8. The van der Waals surface area contributed by atoms with Gasteiger partial charge in [0.25, 0.3) is 10.0 Å². The molecule has 1 amide bonds. The number of anilines is 1. The molecule has 7 nitrogen and oxygen atoms in total. The number of carbonyl (C=O) groups excluding carboxylic acids is 1. The Balaban J connectivity index is 1.81. The number of ether oxygens (including phenoxy) is 2. The molecule has 0 saturated carbocycles. The fourth-order valence-electron chi connectivity index (χ4n) is 3.31. The zero-order valence-corrected chi connectivity index (χ0v) is 22.3. The molecule has 0 aliphatic heterocycles. The molecule has 0 aliphatic rings. The molecule has 0 bridgehead atoms. The van der Waals surface area contributed by atoms with E-state index in [-0.39, 0.29) is 24.1 Å². The van der Waals surface area contributed by atoms with Crippen LogP contribution < -0.4 is 19.1 Å². The summed E-state index contributed by atoms with van der Waals surface area (Å²) in [5.74, 6) is 0.889. The van der Waals surface area contributed by atoms with Crippen LogP contribution >= 0.6 is 15.9 Å². The van der Waals surface area contributed by atoms with Gasteiger partial charge < -0.3 is 14.8 Å². The Morgan fingerprint density at radius 2 is 1.69 bits per heavy atom. The Morgan fingerprint density at radius 1 is 1.00 bits per heavy atom. The quantitative estimate of drug-likeness (QED) is 0.350. The summed E-state index contributed by atoms with van der Waals surface area (Å²) in [7, 11) is -4.00. The molecule has 3 rings (SSSR count). The molecule has 0 spiro atoms. The zero-order valence-electron chi connectivity index (χ0n) is 19.9. The van der Waals surface area contributed by atoms with E-state index < -0.39 is 15.9 Å². The maximum atomic E-state index is 13.5. The third-order valence-corrected chi connectivity index (χ3v) is 7.20. The van der Waals surface area contributed by atoms with Crippen molar-refractivity contribution in [2.45, 2.75) is 38.3 Å². The lowest BCUT2D eigenvalue weighted by Gasteiger charge is -2.24. The fourth-order valence-corrected chi connectivity index (χ4v) is 5.00. The Bertz CT molecular complexity index is 1230. The summed E-state index contributed by atoms with van der Waals surface area (Å²) in [6, 6.07) is 20.3. The SMILES string of the molecule is CCOc1ccc(N(CC(=O)NCc2cccc(OC(C)C)c2)S(=O)(=O)c2ccc(Br)cc2)cc1. The number of nitrogens with one attached hydrogen (secondary N) is 1. The number of hydrogen-bond acceptors (Lipinski definition) is 5. The molecule has 0 saturated heterocycles. The van der Waals surface area contributed by atoms with Gasteiger partial charge in [-0.3, -0.25) is 9.10 Å². The van der Waals surface area contributed by atoms with Crippen LogP contribution in [-0.4, -0.2) is 33.6 Å². The second-order valence-electron chi connectivity index (χ2n) is 7.98. The lowest BCUT2D eigenvalue weighted by atomic mass is 10.2. The number of nitrogens with zero attached hydrogens (tertiary/aromatic N) is 1. The van der Waals surface area contributed by atoms with Crippen molar-refractivity contribution in [3.8, 4) is 11.5 Å². The highest BCUT2D eigenvalue weighted by atomic mass is 79.9. The Labute approximate surface area is 215 Å². The standard InChI is InChI=1S/C26H29BrN2O5S/c1-4-33-23-12-10-22(11-13-23)29(35(31,32)25-14-8-21(27)9-15-25)18-26(30)28-17-20-6-5-7-24(16-20)34-19(2)3/h5-16,19H,4,17-18H2,1-3H3,(H,28,30). The van der Waals surface area contributed by atoms with Gasteiger partial charge in [-0.1, -0.05) is 28.1 Å². The average Bonchev–Trinajstić information content (AvgIpc) is 2.82. The third-order valence-electron chi connectivity index (χ3n) is 4.88. The van der Waals surface area contributed by atoms with Gasteiger partial charge in [-0.15, -0.1) is 0 Å². The van der Waals surface area contributed by atoms with Gasteiger partial charge in [0.05, 0.1) is 23.3 Å². The molecular formula is C26H29BrN2O5S. The monoisotopic (exact) mass is 560 g/mol. The van der Waals surface area contributed by atoms with Crippen molar-refractivity contribution in [2.75, 3.05) is 17.5 Å². The highest BCUT2D eigenvalue weighted by Crippen LogP contribution is 2.26. The summed E-state index contributed by atoms with van der Waals surface area (Å²) in [6.07, 6.45) is 0.0336. The molecule has 9 heteroatoms. The van der Waals surface area contributed by atoms with Crippen LogP contribution in [0.4, 0.5) is 5.69 Å². The second kappa shape index (κ2) is 12.1. The van der Waals surface area contributed by atoms with Crippen molar-refractivity contribution in [3.05, 3.63) is 82.8 Å². The fraction of sp³-hybridized carbons (Fsp3) is 0.269. The molecule has 35 heavy (non-hydrogen) atoms. The molecule has 186 valence electrons. The van der Waals surface area contributed by atoms with E-state index >= 15 is 0 Å². The number of halogens is 1. The van der Waals surface area contributed by atoms with Gasteiger partial charge in [0.1, 0.15) is 18.0 Å². The minimum absolute atomic E-state index is 0.0336. The van der Waals surface area contributed by atoms with E-state index in [1.165, 1.54) is 12.1 Å². The van der Waals surface area contributed by atoms with Crippen molar-refractivity contribution in [1.29, 1.82) is 0 Å². The summed E-state index contributed by atoms with van der Waals surface area (Å²) in [4.78, 5) is 13.0. The lowest BCUT2D eigenvalue weighted by Crippen LogP contribution is -2.40. The van der Waals surface area contributed by atoms with Crippen LogP contribution in [0.3, 0.4) is 0 Å². The minimum Gasteiger partial charge on any atom is -0.494 e. The largest absolute Gasteiger partial charge is 0.494 e. The van der Waals surface area contributed by atoms with Gasteiger partial charge in [0.2, 0.25) is 5.91 Å². The highest BCUT2D eigenvalue weighted by Gasteiger charge is 2.27. The van der Waals surface area contributed by atoms with Crippen molar-refractivity contribution in [1.82, 2.24) is 5.32 Å². The normalized spacial score (nSPS) is 11.2. The molecule has 0 fully saturated rings. The van der Waals surface area contributed by atoms with Crippen LogP contribution in [0.15, 0.2) is 82.2 Å². The first-order chi connectivity index (χ1) is 16.7. The number of benzene rings is 3. The maximum absolute atomic E-state index is 13.5. The van der Waals surface area contributed by atoms with Gasteiger partial charge in [-0.25, -0.2) is 8.42 Å². The molecule has 0 aromatic heterocycles. The molecule has 3 aromatic rings. The predicted molar refractivity (Wildman–Crippen MR) is 140 cm³/mol. The first-order valence-corrected chi connectivity index (χ1v) is 13.5. The minimum atomic E-state index is -4.00. The Hall–Kier alpha value is -3.04. The molecular weight excluding hydrogens is 532 g/mol. The van der Waals surface area contributed by atoms with E-state index in [0.29, 0.717) is 23.8 Å². The van der Waals surface area contributed by atoms with Crippen LogP contribution in [0.5, 0.6) is 11.5 Å². The predicted octanol–water partition coefficient (Wildman–Crippen LogP) is 5.15. The topological polar surface area (TPSA) is 84.9 Å². The summed E-state index contributed by atoms with van der Waals surface area (Å²) in [5, 5.41) is 2.81. The first kappa shape index (κ1) is 26.6. The molecule has 0 atom stereocenters. The van der Waals surface area contributed by atoms with E-state index in [0.717, 1.165) is 14.3 Å². The number of amides is 1. The lowest BCUT2D eigenvalue weighted by molar-refractivity contribution is -0.119. The van der Waals surface area contributed by atoms with E-state index in [1.807, 2.05) is 45.0 Å². The number of rotatable bonds is 11. The van der Waals surface area contributed by atoms with Crippen LogP contribution in [0, 0.1) is 0 Å². The number of hydrogen-bond donors (Lipinski definition) is 1. The third kappa shape index (κ3) is 7.47. The molecule has 3 aromatic carbocycles. The molecule has 0 unspecified atom stereocenters. The van der Waals surface area contributed by atoms with E-state index in [9.17, 15) is 13.2 Å². The average molecular weight is 561 g/mol. The van der Waals surface area contributed by atoms with Crippen molar-refractivity contribution in [2.24, 2.45) is 0 Å². The molecule has 0 aliphatic carbocycles. The number of sulfonamides is 1. The summed E-state index contributed by atoms with van der Waals surface area (Å²) in [6.45, 7) is 6.10. The summed E-state index contributed by atoms with van der Waals surface area (Å²) in [5.41, 5.74) is 1.21. The zero-order chi connectivity index (χ0) is 25.4. The van der Waals surface area contributed by atoms with Gasteiger partial charge in [-0.05, 0) is 87.0 Å². The van der Waals surface area contributed by atoms with Gasteiger partial charge in [0, 0.05) is 11.0 Å². The van der Waals surface area contributed by atoms with E-state index in [1.54, 1.807) is 36.4 Å². The van der Waals surface area contributed by atoms with Crippen LogP contribution in [0.1, 0.15) is 26.3 Å². The van der Waals surface area contributed by atoms with Crippen LogP contribution in [0.2, 0.25) is 0 Å². The highest BCUT2D eigenvalue weighted by molar-refractivity contribution is 9.10. The van der Waals surface area contributed by atoms with Crippen LogP contribution in [-0.2, 0) is 21.4 Å². The van der Waals surface area contributed by atoms with Crippen molar-refractivity contribution < 1.29 is 22.7 Å². The summed E-state index contributed by atoms with van der Waals surface area (Å²) >= 11 is 3.32. The summed E-state index contributed by atoms with van der Waals surface area (Å²) < 4.78 is 40.0. The Morgan fingerprint density at radius 3 is 2.31 bits per heavy atom. The van der Waals surface area contributed by atoms with E-state index in [4.69, 9.17) is 9.47 Å². The number of carbonyl (C=O) groups is 1. The molecule has 0 heterocycles. The maximum Gasteiger partial charge on any atom is 0.264 e. The Kier molecular flexibility index (Phi) is 9.17. The van der Waals surface area contributed by atoms with Gasteiger partial charge in [0.15, 0.2) is 0 Å². The van der Waals surface area contributed by atoms with Gasteiger partial charge >= 0.3 is 0 Å². The molecule has 0 radical (unpaired) electrons.